The lowest BCUT2D eigenvalue weighted by Crippen LogP contribution is -1.89. The molecule has 3 aromatic rings. The second-order valence-electron chi connectivity index (χ2n) is 4.23. The third kappa shape index (κ3) is 1.28. The summed E-state index contributed by atoms with van der Waals surface area (Å²) in [5.41, 5.74) is 2.20. The Labute approximate surface area is 94.7 Å². The maximum absolute atomic E-state index is 4.55. The molecule has 0 aliphatic carbocycles. The van der Waals surface area contributed by atoms with E-state index in [0.29, 0.717) is 0 Å². The molecule has 1 heteroatoms. The van der Waals surface area contributed by atoms with Gasteiger partial charge >= 0.3 is 0 Å². The fourth-order valence-electron chi connectivity index (χ4n) is 2.39. The van der Waals surface area contributed by atoms with Gasteiger partial charge < -0.3 is 0 Å². The first-order valence-corrected chi connectivity index (χ1v) is 5.51. The van der Waals surface area contributed by atoms with Crippen molar-refractivity contribution in [1.82, 2.24) is 4.98 Å². The van der Waals surface area contributed by atoms with Crippen LogP contribution in [0.25, 0.3) is 21.5 Å². The molecule has 78 valence electrons. The second kappa shape index (κ2) is 3.31. The van der Waals surface area contributed by atoms with Gasteiger partial charge in [-0.3, -0.25) is 4.98 Å². The Bertz CT molecular complexity index is 683. The van der Waals surface area contributed by atoms with Crippen molar-refractivity contribution in [3.63, 3.8) is 0 Å². The van der Waals surface area contributed by atoms with Gasteiger partial charge in [0.2, 0.25) is 0 Å². The molecule has 0 fully saturated rings. The van der Waals surface area contributed by atoms with Gasteiger partial charge in [-0.05, 0) is 36.1 Å². The summed E-state index contributed by atoms with van der Waals surface area (Å²) < 4.78 is 0. The molecule has 0 atom stereocenters. The largest absolute Gasteiger partial charge is 0.258 e. The van der Waals surface area contributed by atoms with Gasteiger partial charge in [-0.25, -0.2) is 0 Å². The summed E-state index contributed by atoms with van der Waals surface area (Å²) in [6.07, 6.45) is 0. The predicted molar refractivity (Wildman–Crippen MR) is 68.7 cm³/mol. The highest BCUT2D eigenvalue weighted by molar-refractivity contribution is 6.08. The van der Waals surface area contributed by atoms with Gasteiger partial charge in [-0.15, -0.1) is 0 Å². The highest BCUT2D eigenvalue weighted by Gasteiger charge is 2.04. The summed E-state index contributed by atoms with van der Waals surface area (Å²) in [6, 6.07) is 15.0. The first-order valence-electron chi connectivity index (χ1n) is 5.51. The van der Waals surface area contributed by atoms with Crippen LogP contribution in [-0.4, -0.2) is 4.98 Å². The van der Waals surface area contributed by atoms with E-state index in [9.17, 15) is 0 Å². The minimum atomic E-state index is 1.08. The van der Waals surface area contributed by atoms with Crippen molar-refractivity contribution >= 4 is 21.5 Å². The van der Waals surface area contributed by atoms with Gasteiger partial charge in [0.1, 0.15) is 0 Å². The topological polar surface area (TPSA) is 12.9 Å². The molecule has 1 nitrogen and oxygen atoms in total. The molecule has 0 saturated carbocycles. The quantitative estimate of drug-likeness (QED) is 0.508. The molecule has 0 aliphatic heterocycles. The van der Waals surface area contributed by atoms with Crippen LogP contribution in [0, 0.1) is 13.8 Å². The van der Waals surface area contributed by atoms with Crippen LogP contribution in [0.3, 0.4) is 0 Å². The first kappa shape index (κ1) is 9.34. The number of fused-ring (bicyclic) bond motifs is 3. The highest BCUT2D eigenvalue weighted by atomic mass is 14.7. The van der Waals surface area contributed by atoms with Crippen molar-refractivity contribution in [3.8, 4) is 0 Å². The van der Waals surface area contributed by atoms with Gasteiger partial charge in [0.15, 0.2) is 0 Å². The summed E-state index contributed by atoms with van der Waals surface area (Å²) in [5.74, 6) is 0. The van der Waals surface area contributed by atoms with Crippen LogP contribution in [0.1, 0.15) is 11.4 Å². The van der Waals surface area contributed by atoms with Crippen molar-refractivity contribution in [2.45, 2.75) is 13.8 Å². The fourth-order valence-corrected chi connectivity index (χ4v) is 2.39. The lowest BCUT2D eigenvalue weighted by atomic mass is 10.0. The van der Waals surface area contributed by atoms with Crippen LogP contribution in [0.2, 0.25) is 0 Å². The molecule has 0 radical (unpaired) electrons. The van der Waals surface area contributed by atoms with Crippen LogP contribution in [0.4, 0.5) is 0 Å². The van der Waals surface area contributed by atoms with E-state index in [0.717, 1.165) is 11.4 Å². The van der Waals surface area contributed by atoms with Crippen molar-refractivity contribution in [1.29, 1.82) is 0 Å². The van der Waals surface area contributed by atoms with E-state index in [4.69, 9.17) is 0 Å². The molecule has 16 heavy (non-hydrogen) atoms. The van der Waals surface area contributed by atoms with Crippen molar-refractivity contribution < 1.29 is 0 Å². The lowest BCUT2D eigenvalue weighted by molar-refractivity contribution is 1.15. The maximum Gasteiger partial charge on any atom is 0.0460 e. The van der Waals surface area contributed by atoms with E-state index in [1.807, 2.05) is 6.92 Å². The van der Waals surface area contributed by atoms with E-state index in [1.54, 1.807) is 0 Å². The van der Waals surface area contributed by atoms with Gasteiger partial charge in [-0.1, -0.05) is 36.4 Å². The van der Waals surface area contributed by atoms with Crippen LogP contribution in [-0.2, 0) is 0 Å². The normalized spacial score (nSPS) is 11.1. The zero-order valence-electron chi connectivity index (χ0n) is 9.49. The van der Waals surface area contributed by atoms with Crippen LogP contribution in [0.15, 0.2) is 42.5 Å². The Hall–Kier alpha value is -1.89. The third-order valence-electron chi connectivity index (χ3n) is 3.03. The molecule has 2 aromatic carbocycles. The smallest absolute Gasteiger partial charge is 0.0460 e. The number of rotatable bonds is 0. The monoisotopic (exact) mass is 207 g/mol. The number of pyridine rings is 1. The number of nitrogens with zero attached hydrogens (tertiary/aromatic N) is 1. The Morgan fingerprint density at radius 3 is 2.50 bits per heavy atom. The molecule has 0 saturated heterocycles. The molecule has 0 aliphatic rings. The molecular weight excluding hydrogens is 194 g/mol. The van der Waals surface area contributed by atoms with E-state index in [2.05, 4.69) is 54.4 Å². The number of aromatic nitrogens is 1. The molecule has 0 amide bonds. The summed E-state index contributed by atoms with van der Waals surface area (Å²) in [5, 5.41) is 5.14. The molecule has 0 spiro atoms. The first-order chi connectivity index (χ1) is 7.75. The number of hydrogen-bond donors (Lipinski definition) is 0. The fraction of sp³-hybridized carbons (Fsp3) is 0.133. The van der Waals surface area contributed by atoms with Crippen molar-refractivity contribution in [2.75, 3.05) is 0 Å². The van der Waals surface area contributed by atoms with Crippen LogP contribution < -0.4 is 0 Å². The van der Waals surface area contributed by atoms with Gasteiger partial charge in [0, 0.05) is 16.8 Å². The summed E-state index contributed by atoms with van der Waals surface area (Å²) >= 11 is 0. The highest BCUT2D eigenvalue weighted by Crippen LogP contribution is 2.27. The standard InChI is InChI=1S/C15H13N/c1-10-9-13-8-7-12-5-3-4-6-14(12)15(13)11(2)16-10/h3-9H,1-2H3. The summed E-state index contributed by atoms with van der Waals surface area (Å²) in [7, 11) is 0. The zero-order chi connectivity index (χ0) is 11.1. The van der Waals surface area contributed by atoms with Gasteiger partial charge in [0.05, 0.1) is 0 Å². The Kier molecular flexibility index (Phi) is 1.93. The lowest BCUT2D eigenvalue weighted by Gasteiger charge is -2.07. The molecular formula is C15H13N. The average molecular weight is 207 g/mol. The molecule has 0 bridgehead atoms. The molecule has 0 N–H and O–H groups in total. The zero-order valence-corrected chi connectivity index (χ0v) is 9.49. The molecule has 0 unspecified atom stereocenters. The second-order valence-corrected chi connectivity index (χ2v) is 4.23. The van der Waals surface area contributed by atoms with Gasteiger partial charge in [0.25, 0.3) is 0 Å². The Morgan fingerprint density at radius 2 is 1.62 bits per heavy atom. The average Bonchev–Trinajstić information content (AvgIpc) is 2.28. The number of aryl methyl sites for hydroxylation is 2. The molecule has 3 rings (SSSR count). The van der Waals surface area contributed by atoms with Crippen LogP contribution >= 0.6 is 0 Å². The number of benzene rings is 2. The molecule has 1 aromatic heterocycles. The Morgan fingerprint density at radius 1 is 0.875 bits per heavy atom. The number of hydrogen-bond acceptors (Lipinski definition) is 1. The van der Waals surface area contributed by atoms with Crippen molar-refractivity contribution in [3.05, 3.63) is 53.9 Å². The Balaban J connectivity index is 2.60. The van der Waals surface area contributed by atoms with E-state index < -0.39 is 0 Å². The minimum absolute atomic E-state index is 1.08. The SMILES string of the molecule is Cc1cc2ccc3ccccc3c2c(C)n1. The van der Waals surface area contributed by atoms with E-state index in [1.165, 1.54) is 21.5 Å². The van der Waals surface area contributed by atoms with E-state index in [-0.39, 0.29) is 0 Å². The summed E-state index contributed by atoms with van der Waals surface area (Å²) in [4.78, 5) is 4.55. The maximum atomic E-state index is 4.55. The third-order valence-corrected chi connectivity index (χ3v) is 3.03. The minimum Gasteiger partial charge on any atom is -0.258 e. The predicted octanol–water partition coefficient (Wildman–Crippen LogP) is 4.00. The van der Waals surface area contributed by atoms with Crippen LogP contribution in [0.5, 0.6) is 0 Å². The summed E-state index contributed by atoms with van der Waals surface area (Å²) in [6.45, 7) is 4.13. The molecule has 1 heterocycles. The van der Waals surface area contributed by atoms with E-state index >= 15 is 0 Å². The van der Waals surface area contributed by atoms with Crippen molar-refractivity contribution in [2.24, 2.45) is 0 Å². The van der Waals surface area contributed by atoms with Gasteiger partial charge in [-0.2, -0.15) is 0 Å².